The van der Waals surface area contributed by atoms with Crippen molar-refractivity contribution < 1.29 is 0 Å². The Bertz CT molecular complexity index is 1060. The summed E-state index contributed by atoms with van der Waals surface area (Å²) in [6.45, 7) is 0. The van der Waals surface area contributed by atoms with E-state index < -0.39 is 0 Å². The summed E-state index contributed by atoms with van der Waals surface area (Å²) in [4.78, 5) is 1.34. The van der Waals surface area contributed by atoms with Gasteiger partial charge in [0.15, 0.2) is 0 Å². The maximum absolute atomic E-state index is 5.87. The van der Waals surface area contributed by atoms with Gasteiger partial charge in [0, 0.05) is 16.3 Å². The van der Waals surface area contributed by atoms with Crippen LogP contribution >= 0.6 is 23.4 Å². The van der Waals surface area contributed by atoms with Crippen LogP contribution in [-0.4, -0.2) is 11.6 Å². The van der Waals surface area contributed by atoms with Crippen LogP contribution in [0.25, 0.3) is 33.0 Å². The Morgan fingerprint density at radius 3 is 2.18 bits per heavy atom. The molecule has 28 heavy (non-hydrogen) atoms. The fraction of sp³-hybridized carbons (Fsp3) is 0.154. The molecule has 4 aromatic carbocycles. The van der Waals surface area contributed by atoms with Crippen LogP contribution in [0.4, 0.5) is 0 Å². The van der Waals surface area contributed by atoms with E-state index in [1.807, 2.05) is 11.8 Å². The van der Waals surface area contributed by atoms with Crippen molar-refractivity contribution in [3.8, 4) is 22.3 Å². The first-order valence-electron chi connectivity index (χ1n) is 9.74. The molecule has 0 fully saturated rings. The fourth-order valence-electron chi connectivity index (χ4n) is 3.60. The molecule has 0 bridgehead atoms. The van der Waals surface area contributed by atoms with E-state index in [-0.39, 0.29) is 0 Å². The second kappa shape index (κ2) is 9.32. The fourth-order valence-corrected chi connectivity index (χ4v) is 4.88. The van der Waals surface area contributed by atoms with Crippen molar-refractivity contribution in [2.24, 2.45) is 0 Å². The van der Waals surface area contributed by atoms with E-state index in [1.165, 1.54) is 37.9 Å². The molecule has 0 radical (unpaired) electrons. The zero-order valence-corrected chi connectivity index (χ0v) is 17.3. The smallest absolute Gasteiger partial charge is 0.0223 e. The average molecular weight is 403 g/mol. The molecule has 0 aromatic heterocycles. The van der Waals surface area contributed by atoms with Crippen molar-refractivity contribution in [1.29, 1.82) is 0 Å². The first kappa shape index (κ1) is 19.1. The third-order valence-electron chi connectivity index (χ3n) is 4.96. The van der Waals surface area contributed by atoms with Crippen LogP contribution in [0.15, 0.2) is 95.9 Å². The SMILES string of the molecule is ClCCCCSc1ccc2ccccc2c1-c1ccccc1-c1ccccc1. The molecule has 0 heterocycles. The molecule has 0 nitrogen and oxygen atoms in total. The third kappa shape index (κ3) is 4.11. The molecule has 0 spiro atoms. The van der Waals surface area contributed by atoms with Gasteiger partial charge in [0.1, 0.15) is 0 Å². The van der Waals surface area contributed by atoms with Gasteiger partial charge in [-0.1, -0.05) is 84.9 Å². The maximum Gasteiger partial charge on any atom is 0.0223 e. The van der Waals surface area contributed by atoms with Crippen LogP contribution in [0.1, 0.15) is 12.8 Å². The summed E-state index contributed by atoms with van der Waals surface area (Å²) in [7, 11) is 0. The maximum atomic E-state index is 5.87. The van der Waals surface area contributed by atoms with Gasteiger partial charge in [0.25, 0.3) is 0 Å². The largest absolute Gasteiger partial charge is 0.127 e. The molecule has 140 valence electrons. The molecule has 4 aromatic rings. The highest BCUT2D eigenvalue weighted by Crippen LogP contribution is 2.42. The van der Waals surface area contributed by atoms with Crippen molar-refractivity contribution in [1.82, 2.24) is 0 Å². The number of hydrogen-bond donors (Lipinski definition) is 0. The Morgan fingerprint density at radius 1 is 0.643 bits per heavy atom. The summed E-state index contributed by atoms with van der Waals surface area (Å²) in [5, 5.41) is 2.60. The predicted octanol–water partition coefficient (Wildman–Crippen LogP) is 8.28. The molecule has 0 unspecified atom stereocenters. The van der Waals surface area contributed by atoms with Gasteiger partial charge in [-0.2, -0.15) is 0 Å². The van der Waals surface area contributed by atoms with E-state index in [0.717, 1.165) is 24.5 Å². The summed E-state index contributed by atoms with van der Waals surface area (Å²) in [5.74, 6) is 1.83. The first-order chi connectivity index (χ1) is 13.9. The molecule has 0 aliphatic heterocycles. The van der Waals surface area contributed by atoms with Crippen LogP contribution < -0.4 is 0 Å². The lowest BCUT2D eigenvalue weighted by Crippen LogP contribution is -1.91. The van der Waals surface area contributed by atoms with E-state index in [1.54, 1.807) is 0 Å². The van der Waals surface area contributed by atoms with E-state index >= 15 is 0 Å². The van der Waals surface area contributed by atoms with E-state index in [2.05, 4.69) is 91.0 Å². The Morgan fingerprint density at radius 2 is 1.36 bits per heavy atom. The molecule has 2 heteroatoms. The minimum absolute atomic E-state index is 0.738. The Labute approximate surface area is 176 Å². The molecular formula is C26H23ClS. The van der Waals surface area contributed by atoms with Crippen molar-refractivity contribution in [2.75, 3.05) is 11.6 Å². The molecule has 0 saturated heterocycles. The Kier molecular flexibility index (Phi) is 6.36. The van der Waals surface area contributed by atoms with E-state index in [4.69, 9.17) is 11.6 Å². The van der Waals surface area contributed by atoms with E-state index in [0.29, 0.717) is 0 Å². The number of rotatable bonds is 7. The second-order valence-electron chi connectivity index (χ2n) is 6.82. The zero-order valence-electron chi connectivity index (χ0n) is 15.8. The first-order valence-corrected chi connectivity index (χ1v) is 11.3. The Hall–Kier alpha value is -2.22. The molecule has 0 aliphatic carbocycles. The van der Waals surface area contributed by atoms with Crippen molar-refractivity contribution in [3.05, 3.63) is 91.0 Å². The highest BCUT2D eigenvalue weighted by molar-refractivity contribution is 7.99. The third-order valence-corrected chi connectivity index (χ3v) is 6.37. The highest BCUT2D eigenvalue weighted by Gasteiger charge is 2.14. The summed E-state index contributed by atoms with van der Waals surface area (Å²) >= 11 is 7.81. The Balaban J connectivity index is 1.88. The van der Waals surface area contributed by atoms with Gasteiger partial charge >= 0.3 is 0 Å². The van der Waals surface area contributed by atoms with Crippen LogP contribution in [0.5, 0.6) is 0 Å². The summed E-state index contributed by atoms with van der Waals surface area (Å²) in [6.07, 6.45) is 2.21. The number of benzene rings is 4. The molecule has 0 saturated carbocycles. The highest BCUT2D eigenvalue weighted by atomic mass is 35.5. The molecule has 0 amide bonds. The lowest BCUT2D eigenvalue weighted by molar-refractivity contribution is 0.903. The van der Waals surface area contributed by atoms with Crippen LogP contribution in [0, 0.1) is 0 Å². The zero-order chi connectivity index (χ0) is 19.2. The molecule has 4 rings (SSSR count). The van der Waals surface area contributed by atoms with Gasteiger partial charge in [0.05, 0.1) is 0 Å². The van der Waals surface area contributed by atoms with Gasteiger partial charge in [0.2, 0.25) is 0 Å². The summed E-state index contributed by atoms with van der Waals surface area (Å²) in [5.41, 5.74) is 5.17. The molecule has 0 aliphatic rings. The number of alkyl halides is 1. The average Bonchev–Trinajstić information content (AvgIpc) is 2.77. The molecule has 0 atom stereocenters. The van der Waals surface area contributed by atoms with Gasteiger partial charge in [-0.3, -0.25) is 0 Å². The van der Waals surface area contributed by atoms with Crippen LogP contribution in [0.3, 0.4) is 0 Å². The molecule has 0 N–H and O–H groups in total. The predicted molar refractivity (Wildman–Crippen MR) is 125 cm³/mol. The lowest BCUT2D eigenvalue weighted by atomic mass is 9.91. The normalized spacial score (nSPS) is 11.0. The summed E-state index contributed by atoms with van der Waals surface area (Å²) < 4.78 is 0. The number of fused-ring (bicyclic) bond motifs is 1. The number of unbranched alkanes of at least 4 members (excludes halogenated alkanes) is 1. The number of hydrogen-bond acceptors (Lipinski definition) is 1. The van der Waals surface area contributed by atoms with Crippen LogP contribution in [0.2, 0.25) is 0 Å². The van der Waals surface area contributed by atoms with Crippen LogP contribution in [-0.2, 0) is 0 Å². The number of thioether (sulfide) groups is 1. The summed E-state index contributed by atoms with van der Waals surface area (Å²) in [6, 6.07) is 32.7. The molecular weight excluding hydrogens is 380 g/mol. The lowest BCUT2D eigenvalue weighted by Gasteiger charge is -2.17. The van der Waals surface area contributed by atoms with Gasteiger partial charge in [-0.15, -0.1) is 23.4 Å². The minimum Gasteiger partial charge on any atom is -0.127 e. The van der Waals surface area contributed by atoms with Crippen molar-refractivity contribution >= 4 is 34.1 Å². The standard InChI is InChI=1S/C26H23ClS/c27-18-8-9-19-28-25-17-16-21-12-4-5-14-23(21)26(25)24-15-7-6-13-22(24)20-10-2-1-3-11-20/h1-7,10-17H,8-9,18-19H2. The monoisotopic (exact) mass is 402 g/mol. The van der Waals surface area contributed by atoms with Crippen molar-refractivity contribution in [3.63, 3.8) is 0 Å². The topological polar surface area (TPSA) is 0 Å². The van der Waals surface area contributed by atoms with Gasteiger partial charge < -0.3 is 0 Å². The minimum atomic E-state index is 0.738. The van der Waals surface area contributed by atoms with Crippen molar-refractivity contribution in [2.45, 2.75) is 17.7 Å². The van der Waals surface area contributed by atoms with Gasteiger partial charge in [-0.05, 0) is 52.1 Å². The van der Waals surface area contributed by atoms with E-state index in [9.17, 15) is 0 Å². The number of halogens is 1. The second-order valence-corrected chi connectivity index (χ2v) is 8.33. The quantitative estimate of drug-likeness (QED) is 0.170. The van der Waals surface area contributed by atoms with Gasteiger partial charge in [-0.25, -0.2) is 0 Å².